The van der Waals surface area contributed by atoms with Gasteiger partial charge in [0.25, 0.3) is 0 Å². The summed E-state index contributed by atoms with van der Waals surface area (Å²) >= 11 is 0. The van der Waals surface area contributed by atoms with Crippen LogP contribution in [0.4, 0.5) is 0 Å². The van der Waals surface area contributed by atoms with Gasteiger partial charge in [-0.25, -0.2) is 0 Å². The molecule has 2 heterocycles. The standard InChI is InChI=1S/C18H28BNO3/c1-14-6-7-16(19-22-17(2,3)18(4,5)23-19)12-15(14)13-20-8-10-21-11-9-20/h6-7,12H,8-11,13H2,1-5H3. The molecule has 2 fully saturated rings. The van der Waals surface area contributed by atoms with Crippen molar-refractivity contribution in [2.75, 3.05) is 26.3 Å². The number of rotatable bonds is 3. The van der Waals surface area contributed by atoms with E-state index in [1.807, 2.05) is 0 Å². The number of hydrogen-bond donors (Lipinski definition) is 0. The van der Waals surface area contributed by atoms with Crippen molar-refractivity contribution in [2.24, 2.45) is 0 Å². The van der Waals surface area contributed by atoms with Crippen LogP contribution in [0.1, 0.15) is 38.8 Å². The van der Waals surface area contributed by atoms with Gasteiger partial charge in [-0.05, 0) is 51.2 Å². The normalized spacial score (nSPS) is 24.1. The molecule has 2 aliphatic heterocycles. The molecule has 5 heteroatoms. The van der Waals surface area contributed by atoms with E-state index in [1.54, 1.807) is 0 Å². The van der Waals surface area contributed by atoms with Gasteiger partial charge in [0.1, 0.15) is 0 Å². The van der Waals surface area contributed by atoms with Crippen LogP contribution in [0.2, 0.25) is 0 Å². The summed E-state index contributed by atoms with van der Waals surface area (Å²) in [5.41, 5.74) is 3.17. The third-order valence-corrected chi connectivity index (χ3v) is 5.40. The van der Waals surface area contributed by atoms with Crippen LogP contribution in [0.5, 0.6) is 0 Å². The number of morpholine rings is 1. The van der Waals surface area contributed by atoms with E-state index in [2.05, 4.69) is 57.7 Å². The molecule has 0 bridgehead atoms. The van der Waals surface area contributed by atoms with E-state index in [9.17, 15) is 0 Å². The van der Waals surface area contributed by atoms with Crippen molar-refractivity contribution in [2.45, 2.75) is 52.4 Å². The molecule has 0 N–H and O–H groups in total. The highest BCUT2D eigenvalue weighted by Gasteiger charge is 2.51. The average Bonchev–Trinajstić information content (AvgIpc) is 2.71. The Labute approximate surface area is 140 Å². The molecular formula is C18H28BNO3. The summed E-state index contributed by atoms with van der Waals surface area (Å²) in [5, 5.41) is 0. The number of hydrogen-bond acceptors (Lipinski definition) is 4. The lowest BCUT2D eigenvalue weighted by atomic mass is 9.77. The average molecular weight is 317 g/mol. The fourth-order valence-corrected chi connectivity index (χ4v) is 2.99. The molecule has 0 aromatic heterocycles. The highest BCUT2D eigenvalue weighted by molar-refractivity contribution is 6.62. The molecule has 0 radical (unpaired) electrons. The lowest BCUT2D eigenvalue weighted by molar-refractivity contribution is 0.00578. The second-order valence-corrected chi connectivity index (χ2v) is 7.66. The summed E-state index contributed by atoms with van der Waals surface area (Å²) in [7, 11) is -0.288. The first-order chi connectivity index (χ1) is 10.8. The van der Waals surface area contributed by atoms with Gasteiger partial charge in [0.2, 0.25) is 0 Å². The largest absolute Gasteiger partial charge is 0.494 e. The molecule has 1 aromatic carbocycles. The van der Waals surface area contributed by atoms with Crippen molar-refractivity contribution in [1.82, 2.24) is 4.90 Å². The van der Waals surface area contributed by atoms with Crippen molar-refractivity contribution in [3.63, 3.8) is 0 Å². The molecule has 0 atom stereocenters. The summed E-state index contributed by atoms with van der Waals surface area (Å²) in [6, 6.07) is 6.55. The van der Waals surface area contributed by atoms with Crippen LogP contribution in [0.15, 0.2) is 18.2 Å². The maximum absolute atomic E-state index is 6.18. The van der Waals surface area contributed by atoms with Crippen molar-refractivity contribution in [3.8, 4) is 0 Å². The molecule has 0 amide bonds. The van der Waals surface area contributed by atoms with E-state index in [1.165, 1.54) is 11.1 Å². The Morgan fingerprint density at radius 3 is 2.26 bits per heavy atom. The van der Waals surface area contributed by atoms with E-state index in [0.717, 1.165) is 38.3 Å². The zero-order valence-electron chi connectivity index (χ0n) is 15.0. The molecule has 126 valence electrons. The lowest BCUT2D eigenvalue weighted by Crippen LogP contribution is -2.41. The molecular weight excluding hydrogens is 289 g/mol. The monoisotopic (exact) mass is 317 g/mol. The third-order valence-electron chi connectivity index (χ3n) is 5.40. The van der Waals surface area contributed by atoms with Gasteiger partial charge >= 0.3 is 7.12 Å². The Kier molecular flexibility index (Phi) is 4.58. The summed E-state index contributed by atoms with van der Waals surface area (Å²) in [6.07, 6.45) is 0. The Morgan fingerprint density at radius 2 is 1.65 bits per heavy atom. The van der Waals surface area contributed by atoms with E-state index in [-0.39, 0.29) is 18.3 Å². The van der Waals surface area contributed by atoms with Crippen LogP contribution in [0, 0.1) is 6.92 Å². The van der Waals surface area contributed by atoms with E-state index in [0.29, 0.717) is 0 Å². The minimum absolute atomic E-state index is 0.288. The minimum atomic E-state index is -0.299. The first kappa shape index (κ1) is 17.0. The predicted octanol–water partition coefficient (Wildman–Crippen LogP) is 2.13. The van der Waals surface area contributed by atoms with Crippen LogP contribution >= 0.6 is 0 Å². The zero-order chi connectivity index (χ0) is 16.7. The molecule has 4 nitrogen and oxygen atoms in total. The molecule has 0 aliphatic carbocycles. The maximum atomic E-state index is 6.18. The quantitative estimate of drug-likeness (QED) is 0.799. The molecule has 2 saturated heterocycles. The second-order valence-electron chi connectivity index (χ2n) is 7.66. The molecule has 2 aliphatic rings. The minimum Gasteiger partial charge on any atom is -0.399 e. The number of aryl methyl sites for hydroxylation is 1. The third kappa shape index (κ3) is 3.48. The summed E-state index contributed by atoms with van der Waals surface area (Å²) in [5.74, 6) is 0. The van der Waals surface area contributed by atoms with E-state index >= 15 is 0 Å². The Hall–Kier alpha value is -0.875. The van der Waals surface area contributed by atoms with Crippen molar-refractivity contribution < 1.29 is 14.0 Å². The van der Waals surface area contributed by atoms with Gasteiger partial charge in [0, 0.05) is 19.6 Å². The fraction of sp³-hybridized carbons (Fsp3) is 0.667. The smallest absolute Gasteiger partial charge is 0.399 e. The summed E-state index contributed by atoms with van der Waals surface area (Å²) in [4.78, 5) is 2.44. The highest BCUT2D eigenvalue weighted by atomic mass is 16.7. The van der Waals surface area contributed by atoms with Crippen LogP contribution in [0.3, 0.4) is 0 Å². The Balaban J connectivity index is 1.78. The first-order valence-corrected chi connectivity index (χ1v) is 8.54. The summed E-state index contributed by atoms with van der Waals surface area (Å²) < 4.78 is 17.8. The number of nitrogens with zero attached hydrogens (tertiary/aromatic N) is 1. The van der Waals surface area contributed by atoms with E-state index in [4.69, 9.17) is 14.0 Å². The van der Waals surface area contributed by atoms with Gasteiger partial charge in [-0.15, -0.1) is 0 Å². The van der Waals surface area contributed by atoms with Gasteiger partial charge in [-0.3, -0.25) is 4.90 Å². The van der Waals surface area contributed by atoms with Crippen LogP contribution in [0.25, 0.3) is 0 Å². The SMILES string of the molecule is Cc1ccc(B2OC(C)(C)C(C)(C)O2)cc1CN1CCOCC1. The maximum Gasteiger partial charge on any atom is 0.494 e. The van der Waals surface area contributed by atoms with Crippen molar-refractivity contribution in [3.05, 3.63) is 29.3 Å². The molecule has 1 aromatic rings. The first-order valence-electron chi connectivity index (χ1n) is 8.54. The molecule has 0 saturated carbocycles. The van der Waals surface area contributed by atoms with Gasteiger partial charge in [-0.1, -0.05) is 18.2 Å². The van der Waals surface area contributed by atoms with E-state index < -0.39 is 0 Å². The number of benzene rings is 1. The van der Waals surface area contributed by atoms with Gasteiger partial charge in [0.15, 0.2) is 0 Å². The van der Waals surface area contributed by atoms with Crippen LogP contribution in [-0.2, 0) is 20.6 Å². The van der Waals surface area contributed by atoms with Gasteiger partial charge in [0.05, 0.1) is 24.4 Å². The zero-order valence-corrected chi connectivity index (χ0v) is 15.0. The predicted molar refractivity (Wildman–Crippen MR) is 93.0 cm³/mol. The molecule has 23 heavy (non-hydrogen) atoms. The van der Waals surface area contributed by atoms with Crippen LogP contribution < -0.4 is 5.46 Å². The van der Waals surface area contributed by atoms with Gasteiger partial charge in [-0.2, -0.15) is 0 Å². The van der Waals surface area contributed by atoms with Crippen molar-refractivity contribution in [1.29, 1.82) is 0 Å². The Bertz CT molecular complexity index is 551. The Morgan fingerprint density at radius 1 is 1.04 bits per heavy atom. The van der Waals surface area contributed by atoms with Crippen molar-refractivity contribution >= 4 is 12.6 Å². The number of ether oxygens (including phenoxy) is 1. The fourth-order valence-electron chi connectivity index (χ4n) is 2.99. The highest BCUT2D eigenvalue weighted by Crippen LogP contribution is 2.36. The lowest BCUT2D eigenvalue weighted by Gasteiger charge is -2.32. The van der Waals surface area contributed by atoms with Crippen LogP contribution in [-0.4, -0.2) is 49.5 Å². The summed E-state index contributed by atoms with van der Waals surface area (Å²) in [6.45, 7) is 15.2. The topological polar surface area (TPSA) is 30.9 Å². The molecule has 0 unspecified atom stereocenters. The molecule has 0 spiro atoms. The van der Waals surface area contributed by atoms with Gasteiger partial charge < -0.3 is 14.0 Å². The second kappa shape index (κ2) is 6.21. The molecule has 3 rings (SSSR count).